The van der Waals surface area contributed by atoms with Crippen LogP contribution in [0, 0.1) is 6.92 Å². The van der Waals surface area contributed by atoms with Crippen LogP contribution in [0.3, 0.4) is 0 Å². The van der Waals surface area contributed by atoms with Gasteiger partial charge in [-0.25, -0.2) is 9.97 Å². The maximum absolute atomic E-state index is 11.9. The van der Waals surface area contributed by atoms with E-state index in [1.54, 1.807) is 31.5 Å². The highest BCUT2D eigenvalue weighted by molar-refractivity contribution is 6.29. The number of carbonyl (C=O) groups is 1. The van der Waals surface area contributed by atoms with E-state index in [2.05, 4.69) is 20.3 Å². The number of H-pyrrole nitrogens is 1. The summed E-state index contributed by atoms with van der Waals surface area (Å²) in [5.74, 6) is 0.795. The predicted molar refractivity (Wildman–Crippen MR) is 73.2 cm³/mol. The summed E-state index contributed by atoms with van der Waals surface area (Å²) in [6, 6.07) is 3.28. The molecule has 5 nitrogen and oxygen atoms in total. The number of halogens is 1. The van der Waals surface area contributed by atoms with Gasteiger partial charge in [-0.2, -0.15) is 0 Å². The molecule has 0 saturated carbocycles. The van der Waals surface area contributed by atoms with E-state index in [1.165, 1.54) is 0 Å². The number of rotatable bonds is 5. The molecule has 0 atom stereocenters. The lowest BCUT2D eigenvalue weighted by molar-refractivity contribution is 0.0953. The molecule has 0 radical (unpaired) electrons. The van der Waals surface area contributed by atoms with E-state index in [4.69, 9.17) is 11.6 Å². The summed E-state index contributed by atoms with van der Waals surface area (Å²) in [5.41, 5.74) is 1.27. The third-order valence-corrected chi connectivity index (χ3v) is 2.81. The number of nitrogens with zero attached hydrogens (tertiary/aromatic N) is 2. The number of aromatic nitrogens is 3. The van der Waals surface area contributed by atoms with Crippen molar-refractivity contribution < 1.29 is 4.79 Å². The zero-order chi connectivity index (χ0) is 13.7. The van der Waals surface area contributed by atoms with Crippen molar-refractivity contribution in [2.45, 2.75) is 19.8 Å². The first-order valence-corrected chi connectivity index (χ1v) is 6.43. The highest BCUT2D eigenvalue weighted by atomic mass is 35.5. The molecule has 2 rings (SSSR count). The third kappa shape index (κ3) is 4.06. The average Bonchev–Trinajstić information content (AvgIpc) is 2.86. The molecule has 2 aromatic heterocycles. The fourth-order valence-electron chi connectivity index (χ4n) is 1.75. The van der Waals surface area contributed by atoms with Gasteiger partial charge < -0.3 is 10.3 Å². The fourth-order valence-corrected chi connectivity index (χ4v) is 2.00. The molecule has 0 bridgehead atoms. The van der Waals surface area contributed by atoms with Crippen LogP contribution in [-0.2, 0) is 6.42 Å². The molecule has 1 amide bonds. The molecule has 100 valence electrons. The van der Waals surface area contributed by atoms with Gasteiger partial charge in [-0.1, -0.05) is 11.6 Å². The molecule has 2 N–H and O–H groups in total. The second-order valence-corrected chi connectivity index (χ2v) is 4.60. The minimum atomic E-state index is -0.133. The van der Waals surface area contributed by atoms with E-state index in [0.717, 1.165) is 24.4 Å². The van der Waals surface area contributed by atoms with Gasteiger partial charge in [0.1, 0.15) is 11.0 Å². The molecule has 0 fully saturated rings. The van der Waals surface area contributed by atoms with Crippen LogP contribution < -0.4 is 5.32 Å². The van der Waals surface area contributed by atoms with Crippen LogP contribution in [0.2, 0.25) is 5.15 Å². The van der Waals surface area contributed by atoms with Gasteiger partial charge in [-0.15, -0.1) is 0 Å². The van der Waals surface area contributed by atoms with Gasteiger partial charge >= 0.3 is 0 Å². The molecule has 2 aromatic rings. The first kappa shape index (κ1) is 13.5. The Morgan fingerprint density at radius 3 is 3.00 bits per heavy atom. The van der Waals surface area contributed by atoms with Gasteiger partial charge in [0, 0.05) is 36.6 Å². The minimum absolute atomic E-state index is 0.133. The van der Waals surface area contributed by atoms with Crippen LogP contribution in [0.1, 0.15) is 28.3 Å². The van der Waals surface area contributed by atoms with Crippen LogP contribution in [0.4, 0.5) is 0 Å². The monoisotopic (exact) mass is 278 g/mol. The van der Waals surface area contributed by atoms with Crippen molar-refractivity contribution in [2.24, 2.45) is 0 Å². The van der Waals surface area contributed by atoms with Crippen molar-refractivity contribution in [3.8, 4) is 0 Å². The van der Waals surface area contributed by atoms with Gasteiger partial charge in [-0.05, 0) is 25.5 Å². The number of imidazole rings is 1. The lowest BCUT2D eigenvalue weighted by atomic mass is 10.2. The Morgan fingerprint density at radius 1 is 1.47 bits per heavy atom. The average molecular weight is 279 g/mol. The number of carbonyl (C=O) groups excluding carboxylic acids is 1. The predicted octanol–water partition coefficient (Wildman–Crippen LogP) is 2.13. The van der Waals surface area contributed by atoms with Gasteiger partial charge in [0.15, 0.2) is 0 Å². The summed E-state index contributed by atoms with van der Waals surface area (Å²) in [6.07, 6.45) is 5.14. The van der Waals surface area contributed by atoms with Gasteiger partial charge in [0.05, 0.1) is 0 Å². The van der Waals surface area contributed by atoms with Gasteiger partial charge in [0.2, 0.25) is 0 Å². The molecule has 0 saturated heterocycles. The molecule has 2 heterocycles. The van der Waals surface area contributed by atoms with E-state index in [-0.39, 0.29) is 5.91 Å². The van der Waals surface area contributed by atoms with Gasteiger partial charge in [0.25, 0.3) is 5.91 Å². The van der Waals surface area contributed by atoms with Crippen LogP contribution in [-0.4, -0.2) is 27.4 Å². The summed E-state index contributed by atoms with van der Waals surface area (Å²) in [7, 11) is 0. The number of hydrogen-bond donors (Lipinski definition) is 2. The fraction of sp³-hybridized carbons (Fsp3) is 0.308. The van der Waals surface area contributed by atoms with Crippen molar-refractivity contribution in [1.29, 1.82) is 0 Å². The first-order valence-electron chi connectivity index (χ1n) is 6.06. The Bertz CT molecular complexity index is 534. The molecule has 0 aromatic carbocycles. The van der Waals surface area contributed by atoms with Crippen molar-refractivity contribution in [3.63, 3.8) is 0 Å². The van der Waals surface area contributed by atoms with E-state index >= 15 is 0 Å². The second-order valence-electron chi connectivity index (χ2n) is 4.22. The molecule has 0 aliphatic rings. The molecule has 19 heavy (non-hydrogen) atoms. The minimum Gasteiger partial charge on any atom is -0.352 e. The van der Waals surface area contributed by atoms with Crippen molar-refractivity contribution in [1.82, 2.24) is 20.3 Å². The summed E-state index contributed by atoms with van der Waals surface area (Å²) >= 11 is 5.82. The zero-order valence-corrected chi connectivity index (χ0v) is 11.4. The van der Waals surface area contributed by atoms with Crippen LogP contribution in [0.25, 0.3) is 0 Å². The maximum atomic E-state index is 11.9. The van der Waals surface area contributed by atoms with Gasteiger partial charge in [-0.3, -0.25) is 4.79 Å². The molecular weight excluding hydrogens is 264 g/mol. The second kappa shape index (κ2) is 6.33. The molecule has 6 heteroatoms. The Kier molecular flexibility index (Phi) is 4.52. The lowest BCUT2D eigenvalue weighted by Gasteiger charge is -2.05. The SMILES string of the molecule is Cc1cc(C(=O)NCCCc2ncc[nH]2)cc(Cl)n1. The number of hydrogen-bond acceptors (Lipinski definition) is 3. The zero-order valence-electron chi connectivity index (χ0n) is 10.6. The maximum Gasteiger partial charge on any atom is 0.251 e. The van der Waals surface area contributed by atoms with Crippen LogP contribution in [0.5, 0.6) is 0 Å². The standard InChI is InChI=1S/C13H15ClN4O/c1-9-7-10(8-11(14)18-9)13(19)17-4-2-3-12-15-5-6-16-12/h5-8H,2-4H2,1H3,(H,15,16)(H,17,19). The van der Waals surface area contributed by atoms with Crippen LogP contribution in [0.15, 0.2) is 24.5 Å². The van der Waals surface area contributed by atoms with Crippen LogP contribution >= 0.6 is 11.6 Å². The lowest BCUT2D eigenvalue weighted by Crippen LogP contribution is -2.25. The first-order chi connectivity index (χ1) is 9.15. The Hall–Kier alpha value is -1.88. The number of amides is 1. The highest BCUT2D eigenvalue weighted by Crippen LogP contribution is 2.10. The summed E-state index contributed by atoms with van der Waals surface area (Å²) in [5, 5.41) is 3.18. The molecule has 0 unspecified atom stereocenters. The van der Waals surface area contributed by atoms with E-state index < -0.39 is 0 Å². The third-order valence-electron chi connectivity index (χ3n) is 2.62. The van der Waals surface area contributed by atoms with Crippen molar-refractivity contribution in [3.05, 3.63) is 46.8 Å². The van der Waals surface area contributed by atoms with E-state index in [9.17, 15) is 4.79 Å². The molecule has 0 spiro atoms. The summed E-state index contributed by atoms with van der Waals surface area (Å²) in [6.45, 7) is 2.40. The largest absolute Gasteiger partial charge is 0.352 e. The number of aromatic amines is 1. The smallest absolute Gasteiger partial charge is 0.251 e. The Labute approximate surface area is 116 Å². The summed E-state index contributed by atoms with van der Waals surface area (Å²) < 4.78 is 0. The number of nitrogens with one attached hydrogen (secondary N) is 2. The topological polar surface area (TPSA) is 70.7 Å². The molecule has 0 aliphatic carbocycles. The molecular formula is C13H15ClN4O. The number of pyridine rings is 1. The quantitative estimate of drug-likeness (QED) is 0.650. The molecule has 0 aliphatic heterocycles. The normalized spacial score (nSPS) is 10.4. The van der Waals surface area contributed by atoms with Crippen molar-refractivity contribution in [2.75, 3.05) is 6.54 Å². The summed E-state index contributed by atoms with van der Waals surface area (Å²) in [4.78, 5) is 23.1. The highest BCUT2D eigenvalue weighted by Gasteiger charge is 2.07. The van der Waals surface area contributed by atoms with Crippen molar-refractivity contribution >= 4 is 17.5 Å². The number of aryl methyl sites for hydroxylation is 2. The van der Waals surface area contributed by atoms with E-state index in [0.29, 0.717) is 17.3 Å². The Morgan fingerprint density at radius 2 is 2.32 bits per heavy atom. The Balaban J connectivity index is 1.80. The van der Waals surface area contributed by atoms with E-state index in [1.807, 2.05) is 0 Å².